The SMILES string of the molecule is CC(C)CCn1c(=O)c2ccccc2n2c(SCC(=O)Nc3cccc(Cl)c3Cl)nnc12. The number of rotatable bonds is 7. The Balaban J connectivity index is 1.65. The van der Waals surface area contributed by atoms with Crippen molar-refractivity contribution in [3.8, 4) is 0 Å². The van der Waals surface area contributed by atoms with E-state index >= 15 is 0 Å². The van der Waals surface area contributed by atoms with E-state index in [4.69, 9.17) is 23.2 Å². The van der Waals surface area contributed by atoms with Gasteiger partial charge in [-0.05, 0) is 36.6 Å². The Bertz CT molecular complexity index is 1370. The van der Waals surface area contributed by atoms with Gasteiger partial charge in [0.05, 0.1) is 32.4 Å². The molecule has 0 aliphatic heterocycles. The maximum absolute atomic E-state index is 13.1. The number of para-hydroxylation sites is 1. The van der Waals surface area contributed by atoms with Crippen molar-refractivity contribution in [1.29, 1.82) is 0 Å². The number of carbonyl (C=O) groups excluding carboxylic acids is 1. The van der Waals surface area contributed by atoms with E-state index in [2.05, 4.69) is 29.4 Å². The summed E-state index contributed by atoms with van der Waals surface area (Å²) in [4.78, 5) is 25.6. The first-order valence-corrected chi connectivity index (χ1v) is 11.8. The molecular formula is C22H21Cl2N5O2S. The Morgan fingerprint density at radius 3 is 2.69 bits per heavy atom. The van der Waals surface area contributed by atoms with Crippen LogP contribution < -0.4 is 10.9 Å². The molecule has 10 heteroatoms. The van der Waals surface area contributed by atoms with Crippen LogP contribution in [0.5, 0.6) is 0 Å². The van der Waals surface area contributed by atoms with Crippen LogP contribution in [-0.2, 0) is 11.3 Å². The Kier molecular flexibility index (Phi) is 6.74. The molecule has 4 aromatic rings. The van der Waals surface area contributed by atoms with Crippen LogP contribution in [0, 0.1) is 5.92 Å². The van der Waals surface area contributed by atoms with Crippen molar-refractivity contribution in [2.75, 3.05) is 11.1 Å². The molecule has 0 saturated heterocycles. The normalized spacial score (nSPS) is 11.5. The largest absolute Gasteiger partial charge is 0.324 e. The van der Waals surface area contributed by atoms with E-state index in [1.165, 1.54) is 11.8 Å². The maximum atomic E-state index is 13.1. The van der Waals surface area contributed by atoms with Crippen molar-refractivity contribution in [1.82, 2.24) is 19.2 Å². The molecule has 1 N–H and O–H groups in total. The molecule has 32 heavy (non-hydrogen) atoms. The lowest BCUT2D eigenvalue weighted by molar-refractivity contribution is -0.113. The highest BCUT2D eigenvalue weighted by atomic mass is 35.5. The number of carbonyl (C=O) groups is 1. The molecule has 1 amide bonds. The second-order valence-corrected chi connectivity index (χ2v) is 9.44. The lowest BCUT2D eigenvalue weighted by atomic mass is 10.1. The molecule has 0 radical (unpaired) electrons. The van der Waals surface area contributed by atoms with Crippen molar-refractivity contribution in [3.63, 3.8) is 0 Å². The summed E-state index contributed by atoms with van der Waals surface area (Å²) in [6.45, 7) is 4.76. The van der Waals surface area contributed by atoms with Crippen molar-refractivity contribution in [2.45, 2.75) is 32.0 Å². The van der Waals surface area contributed by atoms with Crippen LogP contribution >= 0.6 is 35.0 Å². The van der Waals surface area contributed by atoms with Gasteiger partial charge in [-0.25, -0.2) is 0 Å². The summed E-state index contributed by atoms with van der Waals surface area (Å²) in [6.07, 6.45) is 0.839. The number of thioether (sulfide) groups is 1. The van der Waals surface area contributed by atoms with Gasteiger partial charge in [0.25, 0.3) is 5.56 Å². The van der Waals surface area contributed by atoms with Gasteiger partial charge in [0.1, 0.15) is 0 Å². The summed E-state index contributed by atoms with van der Waals surface area (Å²) in [6, 6.07) is 12.4. The number of benzene rings is 2. The summed E-state index contributed by atoms with van der Waals surface area (Å²) in [5.74, 6) is 0.735. The van der Waals surface area contributed by atoms with E-state index in [0.29, 0.717) is 50.0 Å². The van der Waals surface area contributed by atoms with Crippen molar-refractivity contribution < 1.29 is 4.79 Å². The van der Waals surface area contributed by atoms with Crippen LogP contribution in [0.4, 0.5) is 5.69 Å². The molecule has 2 aromatic carbocycles. The first kappa shape index (κ1) is 22.6. The van der Waals surface area contributed by atoms with Gasteiger partial charge in [-0.3, -0.25) is 18.6 Å². The summed E-state index contributed by atoms with van der Waals surface area (Å²) in [7, 11) is 0. The van der Waals surface area contributed by atoms with Crippen molar-refractivity contribution in [2.24, 2.45) is 5.92 Å². The van der Waals surface area contributed by atoms with Crippen molar-refractivity contribution in [3.05, 3.63) is 62.9 Å². The van der Waals surface area contributed by atoms with Crippen molar-refractivity contribution >= 4 is 63.2 Å². The van der Waals surface area contributed by atoms with E-state index in [1.807, 2.05) is 22.6 Å². The van der Waals surface area contributed by atoms with Gasteiger partial charge in [0, 0.05) is 6.54 Å². The number of anilines is 1. The van der Waals surface area contributed by atoms with Crippen LogP contribution in [0.15, 0.2) is 52.4 Å². The Hall–Kier alpha value is -2.55. The van der Waals surface area contributed by atoms with E-state index in [1.54, 1.807) is 28.8 Å². The van der Waals surface area contributed by atoms with Gasteiger partial charge in [0.15, 0.2) is 5.16 Å². The smallest absolute Gasteiger partial charge is 0.262 e. The summed E-state index contributed by atoms with van der Waals surface area (Å²) >= 11 is 13.4. The van der Waals surface area contributed by atoms with Crippen LogP contribution in [-0.4, -0.2) is 30.8 Å². The van der Waals surface area contributed by atoms with Crippen LogP contribution in [0.25, 0.3) is 16.7 Å². The molecule has 0 atom stereocenters. The first-order valence-electron chi connectivity index (χ1n) is 10.1. The number of aromatic nitrogens is 4. The number of amides is 1. The zero-order valence-corrected chi connectivity index (χ0v) is 19.8. The molecule has 4 rings (SSSR count). The van der Waals surface area contributed by atoms with E-state index < -0.39 is 0 Å². The number of hydrogen-bond acceptors (Lipinski definition) is 5. The molecule has 0 aliphatic rings. The van der Waals surface area contributed by atoms with Crippen LogP contribution in [0.2, 0.25) is 10.0 Å². The number of halogens is 2. The zero-order chi connectivity index (χ0) is 22.8. The predicted molar refractivity (Wildman–Crippen MR) is 130 cm³/mol. The zero-order valence-electron chi connectivity index (χ0n) is 17.5. The van der Waals surface area contributed by atoms with E-state index in [9.17, 15) is 9.59 Å². The number of fused-ring (bicyclic) bond motifs is 3. The van der Waals surface area contributed by atoms with Gasteiger partial charge in [0.2, 0.25) is 11.7 Å². The van der Waals surface area contributed by atoms with Gasteiger partial charge < -0.3 is 5.32 Å². The second-order valence-electron chi connectivity index (χ2n) is 7.71. The average molecular weight is 490 g/mol. The number of nitrogens with one attached hydrogen (secondary N) is 1. The average Bonchev–Trinajstić information content (AvgIpc) is 3.19. The topological polar surface area (TPSA) is 81.3 Å². The minimum absolute atomic E-state index is 0.0864. The maximum Gasteiger partial charge on any atom is 0.262 e. The van der Waals surface area contributed by atoms with Crippen LogP contribution in [0.1, 0.15) is 20.3 Å². The monoisotopic (exact) mass is 489 g/mol. The third-order valence-corrected chi connectivity index (χ3v) is 6.71. The Morgan fingerprint density at radius 2 is 1.91 bits per heavy atom. The van der Waals surface area contributed by atoms with E-state index in [0.717, 1.165) is 6.42 Å². The summed E-state index contributed by atoms with van der Waals surface area (Å²) in [5, 5.41) is 13.1. The number of hydrogen-bond donors (Lipinski definition) is 1. The molecule has 0 spiro atoms. The lowest BCUT2D eigenvalue weighted by Crippen LogP contribution is -2.24. The van der Waals surface area contributed by atoms with Crippen LogP contribution in [0.3, 0.4) is 0 Å². The molecule has 0 unspecified atom stereocenters. The molecular weight excluding hydrogens is 469 g/mol. The second kappa shape index (κ2) is 9.52. The molecule has 2 heterocycles. The molecule has 0 bridgehead atoms. The molecule has 166 valence electrons. The van der Waals surface area contributed by atoms with Gasteiger partial charge in [-0.15, -0.1) is 10.2 Å². The highest BCUT2D eigenvalue weighted by Crippen LogP contribution is 2.30. The fourth-order valence-corrected chi connectivity index (χ4v) is 4.42. The fraction of sp³-hybridized carbons (Fsp3) is 0.273. The minimum Gasteiger partial charge on any atom is -0.324 e. The minimum atomic E-state index is -0.256. The van der Waals surface area contributed by atoms with Gasteiger partial charge in [-0.1, -0.05) is 67.0 Å². The number of nitrogens with zero attached hydrogens (tertiary/aromatic N) is 4. The molecule has 0 saturated carbocycles. The van der Waals surface area contributed by atoms with Gasteiger partial charge >= 0.3 is 0 Å². The molecule has 0 fully saturated rings. The highest BCUT2D eigenvalue weighted by Gasteiger charge is 2.18. The third-order valence-electron chi connectivity index (χ3n) is 4.97. The number of aryl methyl sites for hydroxylation is 1. The summed E-state index contributed by atoms with van der Waals surface area (Å²) in [5.41, 5.74) is 1.06. The first-order chi connectivity index (χ1) is 15.4. The fourth-order valence-electron chi connectivity index (χ4n) is 3.33. The standard InChI is InChI=1S/C22H21Cl2N5O2S/c1-13(2)10-11-28-20(31)14-6-3-4-9-17(14)29-21(28)26-27-22(29)32-12-18(30)25-16-8-5-7-15(23)19(16)24/h3-9,13H,10-12H2,1-2H3,(H,25,30). The Labute approximate surface area is 198 Å². The summed E-state index contributed by atoms with van der Waals surface area (Å²) < 4.78 is 3.49. The van der Waals surface area contributed by atoms with E-state index in [-0.39, 0.29) is 17.2 Å². The quantitative estimate of drug-likeness (QED) is 0.364. The molecule has 7 nitrogen and oxygen atoms in total. The Morgan fingerprint density at radius 1 is 1.12 bits per heavy atom. The molecule has 0 aliphatic carbocycles. The van der Waals surface area contributed by atoms with Gasteiger partial charge in [-0.2, -0.15) is 0 Å². The highest BCUT2D eigenvalue weighted by molar-refractivity contribution is 7.99. The predicted octanol–water partition coefficient (Wildman–Crippen LogP) is 5.13. The third kappa shape index (κ3) is 4.48. The lowest BCUT2D eigenvalue weighted by Gasteiger charge is -2.12. The molecule has 2 aromatic heterocycles.